The van der Waals surface area contributed by atoms with Crippen LogP contribution in [-0.2, 0) is 9.09 Å². The monoisotopic (exact) mass is 301 g/mol. The second-order valence-electron chi connectivity index (χ2n) is 4.17. The molecule has 0 saturated heterocycles. The van der Waals surface area contributed by atoms with Crippen molar-refractivity contribution in [1.82, 2.24) is 10.2 Å². The third kappa shape index (κ3) is 4.68. The minimum absolute atomic E-state index is 0.0162. The first-order valence-corrected chi connectivity index (χ1v) is 8.07. The fourth-order valence-electron chi connectivity index (χ4n) is 1.70. The van der Waals surface area contributed by atoms with E-state index in [4.69, 9.17) is 4.52 Å². The molecule has 0 amide bonds. The summed E-state index contributed by atoms with van der Waals surface area (Å²) in [5.74, 6) is 0. The van der Waals surface area contributed by atoms with Gasteiger partial charge in [0.2, 0.25) is 0 Å². The molecule has 0 aliphatic carbocycles. The van der Waals surface area contributed by atoms with Gasteiger partial charge in [0.1, 0.15) is 0 Å². The lowest BCUT2D eigenvalue weighted by atomic mass is 10.1. The maximum Gasteiger partial charge on any atom is 0.341 e. The van der Waals surface area contributed by atoms with Crippen LogP contribution in [-0.4, -0.2) is 18.0 Å². The van der Waals surface area contributed by atoms with E-state index in [0.29, 0.717) is 13.1 Å². The molecule has 1 rings (SSSR count). The molecule has 0 aromatic heterocycles. The van der Waals surface area contributed by atoms with Gasteiger partial charge in [0.05, 0.1) is 11.0 Å². The summed E-state index contributed by atoms with van der Waals surface area (Å²) in [6.45, 7) is 6.45. The second kappa shape index (κ2) is 7.50. The van der Waals surface area contributed by atoms with Crippen molar-refractivity contribution in [2.45, 2.75) is 26.9 Å². The maximum atomic E-state index is 12.4. The van der Waals surface area contributed by atoms with Gasteiger partial charge in [-0.05, 0) is 24.6 Å². The van der Waals surface area contributed by atoms with Crippen LogP contribution in [0.1, 0.15) is 32.4 Å². The molecule has 7 nitrogen and oxygen atoms in total. The van der Waals surface area contributed by atoms with Crippen molar-refractivity contribution in [3.05, 3.63) is 39.9 Å². The first kappa shape index (κ1) is 16.8. The smallest absolute Gasteiger partial charge is 0.298 e. The predicted molar refractivity (Wildman–Crippen MR) is 77.6 cm³/mol. The molecule has 0 aliphatic rings. The van der Waals surface area contributed by atoms with Gasteiger partial charge in [0.25, 0.3) is 5.69 Å². The summed E-state index contributed by atoms with van der Waals surface area (Å²) in [6.07, 6.45) is -0.445. The first-order chi connectivity index (χ1) is 9.41. The first-order valence-electron chi connectivity index (χ1n) is 6.45. The molecule has 1 unspecified atom stereocenters. The van der Waals surface area contributed by atoms with Crippen LogP contribution in [0.5, 0.6) is 0 Å². The highest BCUT2D eigenvalue weighted by Gasteiger charge is 2.24. The van der Waals surface area contributed by atoms with Crippen molar-refractivity contribution in [3.63, 3.8) is 0 Å². The third-order valence-electron chi connectivity index (χ3n) is 2.61. The lowest BCUT2D eigenvalue weighted by molar-refractivity contribution is -0.384. The lowest BCUT2D eigenvalue weighted by Crippen LogP contribution is -2.24. The Bertz CT molecular complexity index is 482. The van der Waals surface area contributed by atoms with Gasteiger partial charge < -0.3 is 0 Å². The van der Waals surface area contributed by atoms with Crippen molar-refractivity contribution in [2.24, 2.45) is 0 Å². The van der Waals surface area contributed by atoms with E-state index in [2.05, 4.69) is 10.2 Å². The number of nitro groups is 1. The summed E-state index contributed by atoms with van der Waals surface area (Å²) in [5.41, 5.74) is 0.745. The Kier molecular flexibility index (Phi) is 6.29. The third-order valence-corrected chi connectivity index (χ3v) is 4.69. The molecule has 8 heteroatoms. The average Bonchev–Trinajstić information content (AvgIpc) is 2.39. The molecule has 0 fully saturated rings. The number of nitrogens with zero attached hydrogens (tertiary/aromatic N) is 1. The molecule has 0 radical (unpaired) electrons. The number of nitrogens with one attached hydrogen (secondary N) is 2. The summed E-state index contributed by atoms with van der Waals surface area (Å²) in [7, 11) is -3.11. The Balaban J connectivity index is 2.80. The second-order valence-corrected chi connectivity index (χ2v) is 6.12. The normalized spacial score (nSPS) is 13.2. The van der Waals surface area contributed by atoms with Gasteiger partial charge in [-0.25, -0.2) is 10.2 Å². The van der Waals surface area contributed by atoms with Crippen LogP contribution in [0.3, 0.4) is 0 Å². The van der Waals surface area contributed by atoms with Gasteiger partial charge in [-0.2, -0.15) is 0 Å². The fraction of sp³-hybridized carbons (Fsp3) is 0.500. The molecule has 1 aromatic rings. The molecular weight excluding hydrogens is 281 g/mol. The van der Waals surface area contributed by atoms with Crippen LogP contribution >= 0.6 is 7.67 Å². The van der Waals surface area contributed by atoms with Crippen molar-refractivity contribution in [3.8, 4) is 0 Å². The van der Waals surface area contributed by atoms with E-state index in [0.717, 1.165) is 5.56 Å². The van der Waals surface area contributed by atoms with E-state index in [1.807, 2.05) is 13.8 Å². The maximum absolute atomic E-state index is 12.4. The molecule has 1 atom stereocenters. The highest BCUT2D eigenvalue weighted by atomic mass is 31.2. The molecule has 20 heavy (non-hydrogen) atoms. The van der Waals surface area contributed by atoms with Crippen LogP contribution in [0.15, 0.2) is 24.3 Å². The van der Waals surface area contributed by atoms with Crippen LogP contribution in [0.25, 0.3) is 0 Å². The van der Waals surface area contributed by atoms with Crippen LogP contribution in [0, 0.1) is 10.1 Å². The topological polar surface area (TPSA) is 93.5 Å². The number of hydrogen-bond acceptors (Lipinski definition) is 4. The summed E-state index contributed by atoms with van der Waals surface area (Å²) in [6, 6.07) is 6.01. The lowest BCUT2D eigenvalue weighted by Gasteiger charge is -2.23. The van der Waals surface area contributed by atoms with Crippen molar-refractivity contribution in [1.29, 1.82) is 0 Å². The van der Waals surface area contributed by atoms with Crippen molar-refractivity contribution >= 4 is 13.4 Å². The minimum atomic E-state index is -3.11. The van der Waals surface area contributed by atoms with Gasteiger partial charge in [0, 0.05) is 25.2 Å². The molecule has 2 N–H and O–H groups in total. The molecule has 1 aromatic carbocycles. The Labute approximate surface area is 118 Å². The SMILES string of the molecule is CCNP(=O)(NCC)OC(C)c1ccc([N+](=O)[O-])cc1. The van der Waals surface area contributed by atoms with E-state index >= 15 is 0 Å². The zero-order valence-electron chi connectivity index (χ0n) is 11.8. The van der Waals surface area contributed by atoms with Gasteiger partial charge >= 0.3 is 7.67 Å². The molecule has 0 bridgehead atoms. The Morgan fingerprint density at radius 1 is 1.25 bits per heavy atom. The van der Waals surface area contributed by atoms with E-state index in [9.17, 15) is 14.7 Å². The Morgan fingerprint density at radius 2 is 1.75 bits per heavy atom. The largest absolute Gasteiger partial charge is 0.341 e. The Hall–Kier alpha value is -1.27. The van der Waals surface area contributed by atoms with E-state index < -0.39 is 18.7 Å². The Morgan fingerprint density at radius 3 is 2.15 bits per heavy atom. The number of rotatable bonds is 8. The summed E-state index contributed by atoms with van der Waals surface area (Å²) in [5, 5.41) is 16.2. The van der Waals surface area contributed by atoms with E-state index in [1.54, 1.807) is 19.1 Å². The van der Waals surface area contributed by atoms with Crippen LogP contribution in [0.4, 0.5) is 5.69 Å². The highest BCUT2D eigenvalue weighted by molar-refractivity contribution is 7.54. The zero-order chi connectivity index (χ0) is 15.2. The molecule has 0 aliphatic heterocycles. The van der Waals surface area contributed by atoms with E-state index in [1.165, 1.54) is 12.1 Å². The standard InChI is InChI=1S/C12H20N3O4P/c1-4-13-20(18,14-5-2)19-10(3)11-6-8-12(9-7-11)15(16)17/h6-10H,4-5H2,1-3H3,(H2,13,14,18). The molecule has 0 saturated carbocycles. The summed E-state index contributed by atoms with van der Waals surface area (Å²) in [4.78, 5) is 10.1. The van der Waals surface area contributed by atoms with Crippen LogP contribution < -0.4 is 10.2 Å². The van der Waals surface area contributed by atoms with Crippen LogP contribution in [0.2, 0.25) is 0 Å². The molecule has 0 heterocycles. The highest BCUT2D eigenvalue weighted by Crippen LogP contribution is 2.42. The van der Waals surface area contributed by atoms with E-state index in [-0.39, 0.29) is 5.69 Å². The average molecular weight is 301 g/mol. The van der Waals surface area contributed by atoms with Gasteiger partial charge in [-0.1, -0.05) is 13.8 Å². The van der Waals surface area contributed by atoms with Crippen molar-refractivity contribution in [2.75, 3.05) is 13.1 Å². The predicted octanol–water partition coefficient (Wildman–Crippen LogP) is 3.00. The molecule has 0 spiro atoms. The minimum Gasteiger partial charge on any atom is -0.298 e. The van der Waals surface area contributed by atoms with Gasteiger partial charge in [-0.15, -0.1) is 0 Å². The van der Waals surface area contributed by atoms with Crippen molar-refractivity contribution < 1.29 is 14.0 Å². The summed E-state index contributed by atoms with van der Waals surface area (Å²) < 4.78 is 18.0. The zero-order valence-corrected chi connectivity index (χ0v) is 12.7. The number of non-ortho nitro benzene ring substituents is 1. The number of nitro benzene ring substituents is 1. The fourth-order valence-corrected chi connectivity index (χ4v) is 3.36. The quantitative estimate of drug-likeness (QED) is 0.435. The number of benzene rings is 1. The molecule has 112 valence electrons. The van der Waals surface area contributed by atoms with Gasteiger partial charge in [0.15, 0.2) is 0 Å². The summed E-state index contributed by atoms with van der Waals surface area (Å²) >= 11 is 0. The molecular formula is C12H20N3O4P. The number of hydrogen-bond donors (Lipinski definition) is 2. The van der Waals surface area contributed by atoms with Gasteiger partial charge in [-0.3, -0.25) is 19.2 Å².